The predicted octanol–water partition coefficient (Wildman–Crippen LogP) is 1.84. The second kappa shape index (κ2) is 4.21. The van der Waals surface area contributed by atoms with Crippen LogP contribution >= 0.6 is 11.3 Å². The molecule has 0 radical (unpaired) electrons. The quantitative estimate of drug-likeness (QED) is 0.854. The molecule has 0 aliphatic rings. The number of thiazole rings is 1. The van der Waals surface area contributed by atoms with Gasteiger partial charge < -0.3 is 5.73 Å². The van der Waals surface area contributed by atoms with Gasteiger partial charge in [0.2, 0.25) is 0 Å². The van der Waals surface area contributed by atoms with E-state index in [4.69, 9.17) is 5.73 Å². The minimum absolute atomic E-state index is 0.181. The van der Waals surface area contributed by atoms with Crippen LogP contribution in [0.4, 0.5) is 5.13 Å². The molecule has 0 fully saturated rings. The van der Waals surface area contributed by atoms with Crippen LogP contribution in [0.1, 0.15) is 26.8 Å². The molecule has 17 heavy (non-hydrogen) atoms. The van der Waals surface area contributed by atoms with Crippen LogP contribution in [0.25, 0.3) is 0 Å². The number of carbonyl (C=O) groups is 1. The minimum atomic E-state index is -0.181. The topological polar surface area (TPSA) is 72.9 Å². The number of aromatic nitrogens is 2. The second-order valence-electron chi connectivity index (χ2n) is 3.86. The highest BCUT2D eigenvalue weighted by molar-refractivity contribution is 7.17. The Morgan fingerprint density at radius 2 is 1.94 bits per heavy atom. The lowest BCUT2D eigenvalue weighted by atomic mass is 10.4. The number of rotatable bonds is 2. The number of nitrogens with zero attached hydrogens (tertiary/aromatic N) is 2. The standard InChI is InChI=1S/C11H14N4OS/c1-6-4-5-7(2)15(6)14-10(16)9-8(3)13-11(12)17-9/h4-5H,1-3H3,(H2,12,13)(H,14,16). The van der Waals surface area contributed by atoms with Gasteiger partial charge in [-0.2, -0.15) is 0 Å². The smallest absolute Gasteiger partial charge is 0.282 e. The van der Waals surface area contributed by atoms with Gasteiger partial charge in [0.25, 0.3) is 5.91 Å². The van der Waals surface area contributed by atoms with Crippen molar-refractivity contribution in [2.24, 2.45) is 0 Å². The number of amides is 1. The van der Waals surface area contributed by atoms with Gasteiger partial charge in [0.05, 0.1) is 5.69 Å². The zero-order valence-corrected chi connectivity index (χ0v) is 10.8. The third-order valence-corrected chi connectivity index (χ3v) is 3.49. The molecular formula is C11H14N4OS. The Bertz CT molecular complexity index is 551. The highest BCUT2D eigenvalue weighted by atomic mass is 32.1. The van der Waals surface area contributed by atoms with E-state index in [1.165, 1.54) is 11.3 Å². The summed E-state index contributed by atoms with van der Waals surface area (Å²) in [5.41, 5.74) is 11.0. The maximum Gasteiger partial charge on any atom is 0.282 e. The molecule has 0 aliphatic carbocycles. The van der Waals surface area contributed by atoms with Crippen molar-refractivity contribution in [2.75, 3.05) is 11.2 Å². The summed E-state index contributed by atoms with van der Waals surface area (Å²) in [6.07, 6.45) is 0. The number of hydrogen-bond donors (Lipinski definition) is 2. The molecule has 1 amide bonds. The predicted molar refractivity (Wildman–Crippen MR) is 68.9 cm³/mol. The minimum Gasteiger partial charge on any atom is -0.375 e. The molecule has 0 bridgehead atoms. The summed E-state index contributed by atoms with van der Waals surface area (Å²) < 4.78 is 1.75. The van der Waals surface area contributed by atoms with Crippen molar-refractivity contribution in [3.8, 4) is 0 Å². The van der Waals surface area contributed by atoms with Crippen molar-refractivity contribution in [3.63, 3.8) is 0 Å². The fourth-order valence-electron chi connectivity index (χ4n) is 1.63. The van der Waals surface area contributed by atoms with Gasteiger partial charge in [0.1, 0.15) is 4.88 Å². The van der Waals surface area contributed by atoms with Crippen LogP contribution in [0, 0.1) is 20.8 Å². The normalized spacial score (nSPS) is 10.5. The van der Waals surface area contributed by atoms with Gasteiger partial charge in [0, 0.05) is 11.4 Å². The Labute approximate surface area is 103 Å². The first-order chi connectivity index (χ1) is 7.99. The molecule has 0 aliphatic heterocycles. The molecule has 0 aromatic carbocycles. The summed E-state index contributed by atoms with van der Waals surface area (Å²) in [4.78, 5) is 16.6. The molecule has 90 valence electrons. The number of nitrogens with two attached hydrogens (primary N) is 1. The maximum absolute atomic E-state index is 12.0. The maximum atomic E-state index is 12.0. The van der Waals surface area contributed by atoms with E-state index in [1.807, 2.05) is 26.0 Å². The van der Waals surface area contributed by atoms with Gasteiger partial charge in [-0.3, -0.25) is 14.9 Å². The van der Waals surface area contributed by atoms with Crippen LogP contribution < -0.4 is 11.2 Å². The fourth-order valence-corrected chi connectivity index (χ4v) is 2.35. The van der Waals surface area contributed by atoms with E-state index in [0.29, 0.717) is 15.7 Å². The molecule has 6 heteroatoms. The average molecular weight is 250 g/mol. The first-order valence-electron chi connectivity index (χ1n) is 5.18. The van der Waals surface area contributed by atoms with E-state index in [2.05, 4.69) is 10.4 Å². The van der Waals surface area contributed by atoms with E-state index in [1.54, 1.807) is 11.6 Å². The molecule has 3 N–H and O–H groups in total. The highest BCUT2D eigenvalue weighted by Crippen LogP contribution is 2.19. The lowest BCUT2D eigenvalue weighted by Crippen LogP contribution is -2.24. The zero-order valence-electron chi connectivity index (χ0n) is 9.94. The van der Waals surface area contributed by atoms with Crippen molar-refractivity contribution < 1.29 is 4.79 Å². The van der Waals surface area contributed by atoms with Crippen LogP contribution in [-0.4, -0.2) is 15.6 Å². The largest absolute Gasteiger partial charge is 0.375 e. The number of nitrogen functional groups attached to an aromatic ring is 1. The molecule has 0 unspecified atom stereocenters. The van der Waals surface area contributed by atoms with E-state index in [0.717, 1.165) is 11.4 Å². The lowest BCUT2D eigenvalue weighted by molar-refractivity contribution is 0.101. The summed E-state index contributed by atoms with van der Waals surface area (Å²) in [6.45, 7) is 5.64. The third-order valence-electron chi connectivity index (χ3n) is 2.50. The lowest BCUT2D eigenvalue weighted by Gasteiger charge is -2.10. The van der Waals surface area contributed by atoms with E-state index in [9.17, 15) is 4.79 Å². The number of hydrogen-bond acceptors (Lipinski definition) is 4. The summed E-state index contributed by atoms with van der Waals surface area (Å²) in [6, 6.07) is 3.90. The van der Waals surface area contributed by atoms with Gasteiger partial charge in [-0.15, -0.1) is 0 Å². The summed E-state index contributed by atoms with van der Waals surface area (Å²) in [7, 11) is 0. The molecule has 5 nitrogen and oxygen atoms in total. The Balaban J connectivity index is 2.26. The Hall–Kier alpha value is -1.82. The van der Waals surface area contributed by atoms with Crippen LogP contribution in [0.2, 0.25) is 0 Å². The van der Waals surface area contributed by atoms with Crippen LogP contribution in [-0.2, 0) is 0 Å². The van der Waals surface area contributed by atoms with Gasteiger partial charge >= 0.3 is 0 Å². The molecular weight excluding hydrogens is 236 g/mol. The van der Waals surface area contributed by atoms with E-state index in [-0.39, 0.29) is 5.91 Å². The van der Waals surface area contributed by atoms with Crippen LogP contribution in [0.5, 0.6) is 0 Å². The Morgan fingerprint density at radius 3 is 2.41 bits per heavy atom. The van der Waals surface area contributed by atoms with Gasteiger partial charge in [0.15, 0.2) is 5.13 Å². The van der Waals surface area contributed by atoms with Gasteiger partial charge in [-0.25, -0.2) is 4.98 Å². The second-order valence-corrected chi connectivity index (χ2v) is 4.89. The van der Waals surface area contributed by atoms with Crippen LogP contribution in [0.15, 0.2) is 12.1 Å². The zero-order chi connectivity index (χ0) is 12.6. The molecule has 0 atom stereocenters. The molecule has 0 spiro atoms. The van der Waals surface area contributed by atoms with E-state index >= 15 is 0 Å². The fraction of sp³-hybridized carbons (Fsp3) is 0.273. The summed E-state index contributed by atoms with van der Waals surface area (Å²) in [5, 5.41) is 0.411. The SMILES string of the molecule is Cc1nc(N)sc1C(=O)Nn1c(C)ccc1C. The Kier molecular flexibility index (Phi) is 2.89. The van der Waals surface area contributed by atoms with E-state index < -0.39 is 0 Å². The first-order valence-corrected chi connectivity index (χ1v) is 6.00. The monoisotopic (exact) mass is 250 g/mol. The number of aryl methyl sites for hydroxylation is 3. The first kappa shape index (κ1) is 11.7. The van der Waals surface area contributed by atoms with Crippen LogP contribution in [0.3, 0.4) is 0 Å². The molecule has 0 saturated carbocycles. The average Bonchev–Trinajstić information content (AvgIpc) is 2.74. The van der Waals surface area contributed by atoms with Crippen molar-refractivity contribution >= 4 is 22.4 Å². The highest BCUT2D eigenvalue weighted by Gasteiger charge is 2.15. The van der Waals surface area contributed by atoms with Gasteiger partial charge in [-0.1, -0.05) is 11.3 Å². The third kappa shape index (κ3) is 2.16. The molecule has 2 heterocycles. The molecule has 2 aromatic heterocycles. The van der Waals surface area contributed by atoms with Crippen molar-refractivity contribution in [2.45, 2.75) is 20.8 Å². The summed E-state index contributed by atoms with van der Waals surface area (Å²) >= 11 is 1.20. The number of anilines is 1. The van der Waals surface area contributed by atoms with Crippen molar-refractivity contribution in [1.29, 1.82) is 0 Å². The molecule has 2 aromatic rings. The van der Waals surface area contributed by atoms with Gasteiger partial charge in [-0.05, 0) is 32.9 Å². The van der Waals surface area contributed by atoms with Crippen molar-refractivity contribution in [3.05, 3.63) is 34.1 Å². The number of carbonyl (C=O) groups excluding carboxylic acids is 1. The molecule has 2 rings (SSSR count). The summed E-state index contributed by atoms with van der Waals surface area (Å²) in [5.74, 6) is -0.181. The van der Waals surface area contributed by atoms with Crippen molar-refractivity contribution in [1.82, 2.24) is 9.66 Å². The number of nitrogens with one attached hydrogen (secondary N) is 1. The Morgan fingerprint density at radius 1 is 1.35 bits per heavy atom. The molecule has 0 saturated heterocycles.